The van der Waals surface area contributed by atoms with E-state index in [0.29, 0.717) is 5.56 Å². The van der Waals surface area contributed by atoms with Gasteiger partial charge in [-0.15, -0.1) is 0 Å². The van der Waals surface area contributed by atoms with Crippen molar-refractivity contribution in [2.45, 2.75) is 19.0 Å². The van der Waals surface area contributed by atoms with Gasteiger partial charge in [0, 0.05) is 37.3 Å². The van der Waals surface area contributed by atoms with Crippen LogP contribution >= 0.6 is 0 Å². The highest BCUT2D eigenvalue weighted by Crippen LogP contribution is 2.27. The maximum absolute atomic E-state index is 13.2. The summed E-state index contributed by atoms with van der Waals surface area (Å²) in [4.78, 5) is 20.1. The molecule has 4 heteroatoms. The van der Waals surface area contributed by atoms with Crippen LogP contribution in [0.2, 0.25) is 0 Å². The van der Waals surface area contributed by atoms with Gasteiger partial charge < -0.3 is 5.32 Å². The average Bonchev–Trinajstić information content (AvgIpc) is 3.20. The van der Waals surface area contributed by atoms with Gasteiger partial charge in [0.1, 0.15) is 0 Å². The number of amides is 1. The second-order valence-electron chi connectivity index (χ2n) is 7.72. The smallest absolute Gasteiger partial charge is 0.253 e. The van der Waals surface area contributed by atoms with E-state index in [2.05, 4.69) is 51.6 Å². The molecule has 0 spiro atoms. The fourth-order valence-electron chi connectivity index (χ4n) is 4.30. The van der Waals surface area contributed by atoms with Gasteiger partial charge in [-0.05, 0) is 34.9 Å². The molecule has 1 atom stereocenters. The number of nitrogens with one attached hydrogen (secondary N) is 1. The number of hydrogen-bond acceptors (Lipinski definition) is 3. The van der Waals surface area contributed by atoms with E-state index in [1.807, 2.05) is 36.4 Å². The van der Waals surface area contributed by atoms with E-state index in [-0.39, 0.29) is 11.9 Å². The van der Waals surface area contributed by atoms with Crippen LogP contribution in [0.5, 0.6) is 0 Å². The molecule has 144 valence electrons. The van der Waals surface area contributed by atoms with Gasteiger partial charge in [0.15, 0.2) is 0 Å². The van der Waals surface area contributed by atoms with Gasteiger partial charge in [0.2, 0.25) is 0 Å². The monoisotopic (exact) mass is 381 g/mol. The Labute approximate surface area is 170 Å². The first-order valence-electron chi connectivity index (χ1n) is 10.1. The van der Waals surface area contributed by atoms with Crippen molar-refractivity contribution in [3.8, 4) is 0 Å². The summed E-state index contributed by atoms with van der Waals surface area (Å²) in [7, 11) is 0. The second-order valence-corrected chi connectivity index (χ2v) is 7.72. The van der Waals surface area contributed by atoms with E-state index < -0.39 is 0 Å². The van der Waals surface area contributed by atoms with Crippen LogP contribution in [0.15, 0.2) is 79.0 Å². The van der Waals surface area contributed by atoms with Crippen molar-refractivity contribution >= 4 is 27.6 Å². The minimum absolute atomic E-state index is 0.0361. The zero-order chi connectivity index (χ0) is 19.6. The Hall–Kier alpha value is -3.24. The molecule has 2 heterocycles. The van der Waals surface area contributed by atoms with Crippen LogP contribution < -0.4 is 5.32 Å². The molecular formula is C25H23N3O. The highest BCUT2D eigenvalue weighted by atomic mass is 16.1. The molecule has 1 unspecified atom stereocenters. The van der Waals surface area contributed by atoms with E-state index in [1.54, 1.807) is 6.20 Å². The van der Waals surface area contributed by atoms with E-state index in [4.69, 9.17) is 0 Å². The summed E-state index contributed by atoms with van der Waals surface area (Å²) in [6.07, 6.45) is 2.72. The van der Waals surface area contributed by atoms with Crippen LogP contribution in [-0.2, 0) is 6.54 Å². The van der Waals surface area contributed by atoms with Crippen LogP contribution in [0.3, 0.4) is 0 Å². The van der Waals surface area contributed by atoms with Gasteiger partial charge in [-0.25, -0.2) is 0 Å². The van der Waals surface area contributed by atoms with Crippen LogP contribution in [-0.4, -0.2) is 34.9 Å². The van der Waals surface area contributed by atoms with Gasteiger partial charge in [0.05, 0.1) is 11.1 Å². The molecule has 0 radical (unpaired) electrons. The molecule has 1 saturated heterocycles. The molecule has 29 heavy (non-hydrogen) atoms. The summed E-state index contributed by atoms with van der Waals surface area (Å²) in [5, 5.41) is 6.46. The molecule has 1 aliphatic heterocycles. The van der Waals surface area contributed by atoms with Crippen molar-refractivity contribution in [2.75, 3.05) is 13.1 Å². The molecule has 5 rings (SSSR count). The maximum Gasteiger partial charge on any atom is 0.253 e. The van der Waals surface area contributed by atoms with Crippen molar-refractivity contribution in [3.63, 3.8) is 0 Å². The largest absolute Gasteiger partial charge is 0.348 e. The first-order chi connectivity index (χ1) is 14.3. The van der Waals surface area contributed by atoms with Crippen LogP contribution in [0, 0.1) is 0 Å². The zero-order valence-electron chi connectivity index (χ0n) is 16.2. The molecule has 0 saturated carbocycles. The van der Waals surface area contributed by atoms with Crippen molar-refractivity contribution < 1.29 is 4.79 Å². The minimum atomic E-state index is -0.0361. The van der Waals surface area contributed by atoms with Crippen molar-refractivity contribution in [2.24, 2.45) is 0 Å². The Morgan fingerprint density at radius 1 is 1.00 bits per heavy atom. The van der Waals surface area contributed by atoms with Crippen LogP contribution in [0.25, 0.3) is 21.7 Å². The maximum atomic E-state index is 13.2. The molecule has 1 fully saturated rings. The number of carbonyl (C=O) groups is 1. The summed E-state index contributed by atoms with van der Waals surface area (Å²) in [5.74, 6) is -0.0361. The number of likely N-dealkylation sites (tertiary alicyclic amines) is 1. The molecule has 4 nitrogen and oxygen atoms in total. The predicted molar refractivity (Wildman–Crippen MR) is 117 cm³/mol. The fraction of sp³-hybridized carbons (Fsp3) is 0.200. The highest BCUT2D eigenvalue weighted by molar-refractivity contribution is 6.15. The summed E-state index contributed by atoms with van der Waals surface area (Å²) in [6, 6.07) is 24.7. The topological polar surface area (TPSA) is 45.2 Å². The van der Waals surface area contributed by atoms with Crippen molar-refractivity contribution in [3.05, 3.63) is 90.1 Å². The molecule has 1 aliphatic rings. The lowest BCUT2D eigenvalue weighted by atomic mass is 10.00. The zero-order valence-corrected chi connectivity index (χ0v) is 16.2. The van der Waals surface area contributed by atoms with E-state index in [1.165, 1.54) is 5.56 Å². The Morgan fingerprint density at radius 2 is 1.79 bits per heavy atom. The molecule has 0 bridgehead atoms. The number of fused-ring (bicyclic) bond motifs is 3. The first-order valence-corrected chi connectivity index (χ1v) is 10.1. The first kappa shape index (κ1) is 17.8. The third-order valence-electron chi connectivity index (χ3n) is 5.71. The number of pyridine rings is 1. The lowest BCUT2D eigenvalue weighted by Crippen LogP contribution is -2.37. The van der Waals surface area contributed by atoms with E-state index in [9.17, 15) is 4.79 Å². The molecule has 1 N–H and O–H groups in total. The standard InChI is InChI=1S/C25H23N3O/c29-25(27-20-12-14-28(17-20)16-18-7-2-1-3-8-18)23-15-19-9-4-5-10-21(19)22-11-6-13-26-24(22)23/h1-11,13,15,20H,12,14,16-17H2,(H,27,29). The van der Waals surface area contributed by atoms with Gasteiger partial charge in [0.25, 0.3) is 5.91 Å². The average molecular weight is 381 g/mol. The second kappa shape index (κ2) is 7.64. The molecular weight excluding hydrogens is 358 g/mol. The van der Waals surface area contributed by atoms with Crippen LogP contribution in [0.4, 0.5) is 0 Å². The Balaban J connectivity index is 1.36. The molecule has 4 aromatic rings. The number of nitrogens with zero attached hydrogens (tertiary/aromatic N) is 2. The fourth-order valence-corrected chi connectivity index (χ4v) is 4.30. The van der Waals surface area contributed by atoms with Gasteiger partial charge in [-0.2, -0.15) is 0 Å². The van der Waals surface area contributed by atoms with Crippen LogP contribution in [0.1, 0.15) is 22.3 Å². The summed E-state index contributed by atoms with van der Waals surface area (Å²) in [6.45, 7) is 2.80. The number of carbonyl (C=O) groups excluding carboxylic acids is 1. The number of hydrogen-bond donors (Lipinski definition) is 1. The Kier molecular flexibility index (Phi) is 4.70. The summed E-state index contributed by atoms with van der Waals surface area (Å²) >= 11 is 0. The Morgan fingerprint density at radius 3 is 2.69 bits per heavy atom. The van der Waals surface area contributed by atoms with E-state index >= 15 is 0 Å². The molecule has 1 amide bonds. The molecule has 1 aromatic heterocycles. The number of aromatic nitrogens is 1. The lowest BCUT2D eigenvalue weighted by Gasteiger charge is -2.17. The minimum Gasteiger partial charge on any atom is -0.348 e. The molecule has 3 aromatic carbocycles. The van der Waals surface area contributed by atoms with Gasteiger partial charge >= 0.3 is 0 Å². The third kappa shape index (κ3) is 3.59. The summed E-state index contributed by atoms with van der Waals surface area (Å²) < 4.78 is 0. The number of rotatable bonds is 4. The van der Waals surface area contributed by atoms with Crippen molar-refractivity contribution in [1.82, 2.24) is 15.2 Å². The third-order valence-corrected chi connectivity index (χ3v) is 5.71. The highest BCUT2D eigenvalue weighted by Gasteiger charge is 2.25. The van der Waals surface area contributed by atoms with Gasteiger partial charge in [-0.1, -0.05) is 60.7 Å². The summed E-state index contributed by atoms with van der Waals surface area (Å²) in [5.41, 5.74) is 2.73. The number of benzene rings is 3. The predicted octanol–water partition coefficient (Wildman–Crippen LogP) is 4.39. The van der Waals surface area contributed by atoms with E-state index in [0.717, 1.165) is 47.7 Å². The van der Waals surface area contributed by atoms with Gasteiger partial charge in [-0.3, -0.25) is 14.7 Å². The lowest BCUT2D eigenvalue weighted by molar-refractivity contribution is 0.0939. The quantitative estimate of drug-likeness (QED) is 0.533. The molecule has 0 aliphatic carbocycles. The Bertz CT molecular complexity index is 1170. The van der Waals surface area contributed by atoms with Crippen molar-refractivity contribution in [1.29, 1.82) is 0 Å². The normalized spacial score (nSPS) is 17.0. The SMILES string of the molecule is O=C(NC1CCN(Cc2ccccc2)C1)c1cc2ccccc2c2cccnc12.